The third-order valence-electron chi connectivity index (χ3n) is 10.6. The van der Waals surface area contributed by atoms with Crippen LogP contribution in [-0.4, -0.2) is 93.0 Å². The first-order valence-corrected chi connectivity index (χ1v) is 20.9. The van der Waals surface area contributed by atoms with E-state index < -0.39 is 85.9 Å². The minimum absolute atomic E-state index is 0.131. The number of esters is 3. The molecule has 5 aromatic carbocycles. The van der Waals surface area contributed by atoms with E-state index in [1.54, 1.807) is 60.7 Å². The van der Waals surface area contributed by atoms with Crippen LogP contribution in [0.2, 0.25) is 0 Å². The van der Waals surface area contributed by atoms with Crippen molar-refractivity contribution >= 4 is 17.9 Å². The van der Waals surface area contributed by atoms with Crippen molar-refractivity contribution in [3.05, 3.63) is 179 Å². The predicted molar refractivity (Wildman–Crippen MR) is 228 cm³/mol. The molecule has 0 aliphatic carbocycles. The van der Waals surface area contributed by atoms with Gasteiger partial charge in [-0.25, -0.2) is 9.59 Å². The largest absolute Gasteiger partial charge is 0.459 e. The lowest BCUT2D eigenvalue weighted by Crippen LogP contribution is -2.66. The standard InChI is InChI=1S/C50H52O13/c1-33-41(55-29-35-19-9-4-10-20-35)43(56-30-36-21-11-5-12-22-36)45(57-31-37-23-13-6-14-24-37)50(59-33)63-44-42(62-48(53)39-27-17-8-18-28-39)40(61-49(54-3)46(44)60-34(2)51)32-58-47(52)38-25-15-7-16-26-38/h4-28,33,40-46,49-50H,29-32H2,1-3H3/t33-,40+,41+,42+,43+,44-,45-,46+,49-,50-/m0/s1. The maximum atomic E-state index is 13.9. The number of rotatable bonds is 18. The molecular weight excluding hydrogens is 809 g/mol. The van der Waals surface area contributed by atoms with Gasteiger partial charge in [-0.2, -0.15) is 0 Å². The van der Waals surface area contributed by atoms with Gasteiger partial charge in [0.2, 0.25) is 0 Å². The summed E-state index contributed by atoms with van der Waals surface area (Å²) in [6.45, 7) is 3.27. The summed E-state index contributed by atoms with van der Waals surface area (Å²) in [5, 5.41) is 0. The number of carbonyl (C=O) groups is 3. The van der Waals surface area contributed by atoms with Crippen molar-refractivity contribution in [3.8, 4) is 0 Å². The summed E-state index contributed by atoms with van der Waals surface area (Å²) in [5.74, 6) is -2.06. The zero-order valence-electron chi connectivity index (χ0n) is 35.3. The van der Waals surface area contributed by atoms with Crippen LogP contribution in [0.3, 0.4) is 0 Å². The summed E-state index contributed by atoms with van der Waals surface area (Å²) in [5.41, 5.74) is 3.27. The molecule has 13 heteroatoms. The molecule has 13 nitrogen and oxygen atoms in total. The number of hydrogen-bond acceptors (Lipinski definition) is 13. The van der Waals surface area contributed by atoms with Crippen LogP contribution in [0.4, 0.5) is 0 Å². The van der Waals surface area contributed by atoms with Crippen molar-refractivity contribution < 1.29 is 61.8 Å². The van der Waals surface area contributed by atoms with Crippen molar-refractivity contribution in [2.75, 3.05) is 13.7 Å². The Morgan fingerprint density at radius 2 is 0.952 bits per heavy atom. The molecule has 0 radical (unpaired) electrons. The molecule has 5 aromatic rings. The lowest BCUT2D eigenvalue weighted by molar-refractivity contribution is -0.365. The summed E-state index contributed by atoms with van der Waals surface area (Å²) in [7, 11) is 1.37. The highest BCUT2D eigenvalue weighted by atomic mass is 16.8. The molecule has 2 aliphatic rings. The Balaban J connectivity index is 1.26. The quantitative estimate of drug-likeness (QED) is 0.0645. The van der Waals surface area contributed by atoms with Crippen LogP contribution in [-0.2, 0) is 72.0 Å². The van der Waals surface area contributed by atoms with E-state index in [0.29, 0.717) is 5.56 Å². The summed E-state index contributed by atoms with van der Waals surface area (Å²) < 4.78 is 63.8. The second kappa shape index (κ2) is 22.5. The maximum absolute atomic E-state index is 13.9. The number of methoxy groups -OCH3 is 1. The fraction of sp³-hybridized carbons (Fsp3) is 0.340. The van der Waals surface area contributed by atoms with Crippen LogP contribution in [0.25, 0.3) is 0 Å². The fourth-order valence-corrected chi connectivity index (χ4v) is 7.53. The molecule has 330 valence electrons. The number of ether oxygens (including phenoxy) is 10. The number of carbonyl (C=O) groups excluding carboxylic acids is 3. The Labute approximate surface area is 367 Å². The van der Waals surface area contributed by atoms with Crippen molar-refractivity contribution in [2.45, 2.75) is 95.1 Å². The van der Waals surface area contributed by atoms with Crippen LogP contribution in [0.1, 0.15) is 51.3 Å². The first kappa shape index (κ1) is 45.3. The van der Waals surface area contributed by atoms with Gasteiger partial charge in [0, 0.05) is 14.0 Å². The molecule has 2 aliphatic heterocycles. The minimum atomic E-state index is -1.37. The zero-order valence-corrected chi connectivity index (χ0v) is 35.3. The van der Waals surface area contributed by atoms with Gasteiger partial charge < -0.3 is 47.4 Å². The molecule has 0 bridgehead atoms. The molecule has 0 spiro atoms. The Morgan fingerprint density at radius 1 is 0.492 bits per heavy atom. The topological polar surface area (TPSA) is 144 Å². The number of hydrogen-bond donors (Lipinski definition) is 0. The summed E-state index contributed by atoms with van der Waals surface area (Å²) in [6.07, 6.45) is -10.9. The van der Waals surface area contributed by atoms with E-state index in [1.807, 2.05) is 97.9 Å². The van der Waals surface area contributed by atoms with Gasteiger partial charge in [0.1, 0.15) is 37.1 Å². The molecule has 2 saturated heterocycles. The van der Waals surface area contributed by atoms with Gasteiger partial charge in [0.05, 0.1) is 37.1 Å². The maximum Gasteiger partial charge on any atom is 0.338 e. The average molecular weight is 861 g/mol. The number of benzene rings is 5. The molecule has 2 fully saturated rings. The highest BCUT2D eigenvalue weighted by Gasteiger charge is 2.55. The molecule has 0 amide bonds. The van der Waals surface area contributed by atoms with Gasteiger partial charge in [-0.05, 0) is 47.9 Å². The second-order valence-corrected chi connectivity index (χ2v) is 15.1. The van der Waals surface area contributed by atoms with Crippen LogP contribution in [0.5, 0.6) is 0 Å². The molecule has 0 N–H and O–H groups in total. The lowest BCUT2D eigenvalue weighted by Gasteiger charge is -2.49. The van der Waals surface area contributed by atoms with Gasteiger partial charge in [-0.15, -0.1) is 0 Å². The minimum Gasteiger partial charge on any atom is -0.459 e. The van der Waals surface area contributed by atoms with Gasteiger partial charge in [-0.3, -0.25) is 4.79 Å². The molecule has 63 heavy (non-hydrogen) atoms. The SMILES string of the molecule is CO[C@H]1O[C@H](COC(=O)c2ccccc2)[C@@H](OC(=O)c2ccccc2)[C@H](O[C@@H]2O[C@@H](C)[C@@H](OCc3ccccc3)[C@@H](OCc3ccccc3)[C@@H]2OCc2ccccc2)[C@H]1OC(C)=O. The van der Waals surface area contributed by atoms with Crippen molar-refractivity contribution in [2.24, 2.45) is 0 Å². The highest BCUT2D eigenvalue weighted by Crippen LogP contribution is 2.36. The monoisotopic (exact) mass is 860 g/mol. The first-order valence-electron chi connectivity index (χ1n) is 20.9. The normalized spacial score (nSPS) is 25.7. The van der Waals surface area contributed by atoms with E-state index in [2.05, 4.69) is 0 Å². The average Bonchev–Trinajstić information content (AvgIpc) is 3.32. The van der Waals surface area contributed by atoms with E-state index >= 15 is 0 Å². The molecule has 0 aromatic heterocycles. The van der Waals surface area contributed by atoms with Gasteiger partial charge in [0.25, 0.3) is 0 Å². The van der Waals surface area contributed by atoms with Crippen molar-refractivity contribution in [3.63, 3.8) is 0 Å². The van der Waals surface area contributed by atoms with Crippen molar-refractivity contribution in [1.82, 2.24) is 0 Å². The third kappa shape index (κ3) is 12.2. The Morgan fingerprint density at radius 3 is 1.44 bits per heavy atom. The summed E-state index contributed by atoms with van der Waals surface area (Å²) in [4.78, 5) is 40.0. The molecule has 0 unspecified atom stereocenters. The second-order valence-electron chi connectivity index (χ2n) is 15.1. The van der Waals surface area contributed by atoms with Crippen LogP contribution < -0.4 is 0 Å². The highest BCUT2D eigenvalue weighted by molar-refractivity contribution is 5.90. The zero-order chi connectivity index (χ0) is 44.0. The van der Waals surface area contributed by atoms with Crippen LogP contribution in [0.15, 0.2) is 152 Å². The molecule has 2 heterocycles. The smallest absolute Gasteiger partial charge is 0.338 e. The molecule has 10 atom stereocenters. The van der Waals surface area contributed by atoms with Crippen LogP contribution in [0, 0.1) is 0 Å². The van der Waals surface area contributed by atoms with E-state index in [0.717, 1.165) is 16.7 Å². The van der Waals surface area contributed by atoms with Gasteiger partial charge >= 0.3 is 17.9 Å². The Bertz CT molecular complexity index is 2160. The van der Waals surface area contributed by atoms with Crippen molar-refractivity contribution in [1.29, 1.82) is 0 Å². The van der Waals surface area contributed by atoms with E-state index in [1.165, 1.54) is 14.0 Å². The van der Waals surface area contributed by atoms with Crippen LogP contribution >= 0.6 is 0 Å². The van der Waals surface area contributed by atoms with Gasteiger partial charge in [0.15, 0.2) is 24.8 Å². The summed E-state index contributed by atoms with van der Waals surface area (Å²) in [6, 6.07) is 45.9. The Hall–Kier alpha value is -5.77. The van der Waals surface area contributed by atoms with Gasteiger partial charge in [-0.1, -0.05) is 127 Å². The third-order valence-corrected chi connectivity index (χ3v) is 10.6. The molecule has 0 saturated carbocycles. The van der Waals surface area contributed by atoms with E-state index in [4.69, 9.17) is 47.4 Å². The Kier molecular flexibility index (Phi) is 16.2. The first-order chi connectivity index (χ1) is 30.8. The summed E-state index contributed by atoms with van der Waals surface area (Å²) >= 11 is 0. The fourth-order valence-electron chi connectivity index (χ4n) is 7.53. The lowest BCUT2D eigenvalue weighted by atomic mass is 9.96. The van der Waals surface area contributed by atoms with E-state index in [-0.39, 0.29) is 25.4 Å². The predicted octanol–water partition coefficient (Wildman–Crippen LogP) is 7.26. The van der Waals surface area contributed by atoms with E-state index in [9.17, 15) is 14.4 Å². The molecule has 7 rings (SSSR count). The molecular formula is C50H52O13.